The van der Waals surface area contributed by atoms with E-state index >= 15 is 0 Å². The molecular formula is C13H23N3S. The van der Waals surface area contributed by atoms with E-state index in [1.165, 1.54) is 12.8 Å². The number of aromatic nitrogens is 2. The minimum Gasteiger partial charge on any atom is -0.346 e. The number of hydrogen-bond donors (Lipinski definition) is 0. The van der Waals surface area contributed by atoms with Crippen LogP contribution in [0, 0.1) is 5.41 Å². The molecule has 0 atom stereocenters. The third kappa shape index (κ3) is 2.97. The molecule has 0 spiro atoms. The van der Waals surface area contributed by atoms with Crippen molar-refractivity contribution in [1.29, 1.82) is 0 Å². The monoisotopic (exact) mass is 253 g/mol. The molecule has 0 bridgehead atoms. The minimum atomic E-state index is 0.0556. The summed E-state index contributed by atoms with van der Waals surface area (Å²) in [4.78, 5) is 7.10. The average Bonchev–Trinajstić information content (AvgIpc) is 2.63. The summed E-state index contributed by atoms with van der Waals surface area (Å²) in [5, 5.41) is 1.10. The molecule has 0 N–H and O–H groups in total. The zero-order valence-electron chi connectivity index (χ0n) is 11.6. The second-order valence-corrected chi connectivity index (χ2v) is 7.57. The van der Waals surface area contributed by atoms with Crippen LogP contribution in [0.15, 0.2) is 0 Å². The van der Waals surface area contributed by atoms with Crippen LogP contribution in [0.25, 0.3) is 0 Å². The van der Waals surface area contributed by atoms with Crippen LogP contribution in [0.3, 0.4) is 0 Å². The highest BCUT2D eigenvalue weighted by molar-refractivity contribution is 7.09. The lowest BCUT2D eigenvalue weighted by atomic mass is 9.84. The van der Waals surface area contributed by atoms with E-state index in [1.54, 1.807) is 11.5 Å². The van der Waals surface area contributed by atoms with Gasteiger partial charge < -0.3 is 4.90 Å². The molecule has 0 aromatic carbocycles. The SMILES string of the molecule is CC1(C)CCCN(c2nc(C(C)(C)C)ns2)C1. The fraction of sp³-hybridized carbons (Fsp3) is 0.846. The second-order valence-electron chi connectivity index (χ2n) is 6.84. The number of piperidine rings is 1. The van der Waals surface area contributed by atoms with E-state index in [9.17, 15) is 0 Å². The quantitative estimate of drug-likeness (QED) is 0.767. The van der Waals surface area contributed by atoms with Crippen LogP contribution in [-0.4, -0.2) is 22.4 Å². The second kappa shape index (κ2) is 4.23. The first-order chi connectivity index (χ1) is 7.78. The topological polar surface area (TPSA) is 29.0 Å². The fourth-order valence-electron chi connectivity index (χ4n) is 2.24. The smallest absolute Gasteiger partial charge is 0.205 e. The zero-order valence-corrected chi connectivity index (χ0v) is 12.4. The molecule has 1 fully saturated rings. The molecule has 0 unspecified atom stereocenters. The van der Waals surface area contributed by atoms with E-state index < -0.39 is 0 Å². The fourth-order valence-corrected chi connectivity index (χ4v) is 3.12. The first-order valence-electron chi connectivity index (χ1n) is 6.37. The number of nitrogens with zero attached hydrogens (tertiary/aromatic N) is 3. The van der Waals surface area contributed by atoms with E-state index in [4.69, 9.17) is 4.98 Å². The molecule has 2 heterocycles. The number of anilines is 1. The molecule has 1 aliphatic rings. The van der Waals surface area contributed by atoms with Crippen molar-refractivity contribution >= 4 is 16.7 Å². The normalized spacial score (nSPS) is 20.6. The van der Waals surface area contributed by atoms with Crippen molar-refractivity contribution in [3.63, 3.8) is 0 Å². The van der Waals surface area contributed by atoms with Gasteiger partial charge in [-0.1, -0.05) is 34.6 Å². The molecule has 0 saturated carbocycles. The van der Waals surface area contributed by atoms with Crippen LogP contribution in [0.5, 0.6) is 0 Å². The largest absolute Gasteiger partial charge is 0.346 e. The molecule has 17 heavy (non-hydrogen) atoms. The van der Waals surface area contributed by atoms with Gasteiger partial charge in [0, 0.05) is 30.0 Å². The van der Waals surface area contributed by atoms with Crippen molar-refractivity contribution in [3.05, 3.63) is 5.82 Å². The zero-order chi connectivity index (χ0) is 12.7. The van der Waals surface area contributed by atoms with Crippen molar-refractivity contribution in [3.8, 4) is 0 Å². The Labute approximate surface area is 108 Å². The van der Waals surface area contributed by atoms with Gasteiger partial charge in [0.05, 0.1) is 0 Å². The summed E-state index contributed by atoms with van der Waals surface area (Å²) in [5.74, 6) is 0.973. The first-order valence-corrected chi connectivity index (χ1v) is 7.14. The highest BCUT2D eigenvalue weighted by Gasteiger charge is 2.29. The molecular weight excluding hydrogens is 230 g/mol. The molecule has 96 valence electrons. The van der Waals surface area contributed by atoms with Crippen LogP contribution < -0.4 is 4.90 Å². The highest BCUT2D eigenvalue weighted by Crippen LogP contribution is 2.33. The van der Waals surface area contributed by atoms with E-state index in [0.29, 0.717) is 5.41 Å². The van der Waals surface area contributed by atoms with Crippen molar-refractivity contribution in [1.82, 2.24) is 9.36 Å². The molecule has 4 heteroatoms. The molecule has 0 amide bonds. The van der Waals surface area contributed by atoms with Crippen LogP contribution >= 0.6 is 11.5 Å². The Hall–Kier alpha value is -0.640. The molecule has 1 aromatic heterocycles. The van der Waals surface area contributed by atoms with Crippen LogP contribution in [0.4, 0.5) is 5.13 Å². The summed E-state index contributed by atoms with van der Waals surface area (Å²) in [6, 6.07) is 0. The van der Waals surface area contributed by atoms with Gasteiger partial charge >= 0.3 is 0 Å². The summed E-state index contributed by atoms with van der Waals surface area (Å²) < 4.78 is 4.50. The predicted octanol–water partition coefficient (Wildman–Crippen LogP) is 3.46. The Balaban J connectivity index is 2.15. The van der Waals surface area contributed by atoms with Crippen molar-refractivity contribution in [2.75, 3.05) is 18.0 Å². The molecule has 1 aromatic rings. The summed E-state index contributed by atoms with van der Waals surface area (Å²) in [6.07, 6.45) is 2.58. The highest BCUT2D eigenvalue weighted by atomic mass is 32.1. The number of rotatable bonds is 1. The number of hydrogen-bond acceptors (Lipinski definition) is 4. The third-order valence-corrected chi connectivity index (χ3v) is 4.03. The van der Waals surface area contributed by atoms with Crippen molar-refractivity contribution in [2.45, 2.75) is 52.9 Å². The van der Waals surface area contributed by atoms with Gasteiger partial charge in [0.15, 0.2) is 0 Å². The van der Waals surface area contributed by atoms with E-state index in [2.05, 4.69) is 43.9 Å². The minimum absolute atomic E-state index is 0.0556. The Bertz CT molecular complexity index is 390. The summed E-state index contributed by atoms with van der Waals surface area (Å²) in [5.41, 5.74) is 0.464. The Kier molecular flexibility index (Phi) is 3.19. The maximum atomic E-state index is 4.70. The molecule has 0 radical (unpaired) electrons. The van der Waals surface area contributed by atoms with Gasteiger partial charge in [-0.05, 0) is 18.3 Å². The summed E-state index contributed by atoms with van der Waals surface area (Å²) in [6.45, 7) is 13.4. The molecule has 1 aliphatic heterocycles. The molecule has 1 saturated heterocycles. The Morgan fingerprint density at radius 3 is 2.53 bits per heavy atom. The van der Waals surface area contributed by atoms with E-state index in [1.807, 2.05) is 0 Å². The van der Waals surface area contributed by atoms with Gasteiger partial charge in [0.2, 0.25) is 5.13 Å². The predicted molar refractivity (Wildman–Crippen MR) is 73.8 cm³/mol. The van der Waals surface area contributed by atoms with Gasteiger partial charge in [0.25, 0.3) is 0 Å². The summed E-state index contributed by atoms with van der Waals surface area (Å²) >= 11 is 1.55. The van der Waals surface area contributed by atoms with Gasteiger partial charge in [-0.15, -0.1) is 0 Å². The van der Waals surface area contributed by atoms with Crippen molar-refractivity contribution < 1.29 is 0 Å². The van der Waals surface area contributed by atoms with E-state index in [-0.39, 0.29) is 5.41 Å². The van der Waals surface area contributed by atoms with Crippen LogP contribution in [0.1, 0.15) is 53.3 Å². The van der Waals surface area contributed by atoms with Gasteiger partial charge in [0.1, 0.15) is 5.82 Å². The molecule has 2 rings (SSSR count). The van der Waals surface area contributed by atoms with Gasteiger partial charge in [-0.25, -0.2) is 4.98 Å². The lowest BCUT2D eigenvalue weighted by Gasteiger charge is -2.37. The maximum absolute atomic E-state index is 4.70. The Morgan fingerprint density at radius 1 is 1.29 bits per heavy atom. The molecule has 0 aliphatic carbocycles. The lowest BCUT2D eigenvalue weighted by Crippen LogP contribution is -2.40. The Morgan fingerprint density at radius 2 is 2.00 bits per heavy atom. The first kappa shape index (κ1) is 12.8. The van der Waals surface area contributed by atoms with Crippen molar-refractivity contribution in [2.24, 2.45) is 5.41 Å². The van der Waals surface area contributed by atoms with Crippen LogP contribution in [0.2, 0.25) is 0 Å². The average molecular weight is 253 g/mol. The van der Waals surface area contributed by atoms with Gasteiger partial charge in [-0.3, -0.25) is 0 Å². The summed E-state index contributed by atoms with van der Waals surface area (Å²) in [7, 11) is 0. The van der Waals surface area contributed by atoms with Gasteiger partial charge in [-0.2, -0.15) is 4.37 Å². The lowest BCUT2D eigenvalue weighted by molar-refractivity contribution is 0.293. The van der Waals surface area contributed by atoms with E-state index in [0.717, 1.165) is 24.0 Å². The maximum Gasteiger partial charge on any atom is 0.205 e. The van der Waals surface area contributed by atoms with Crippen LogP contribution in [-0.2, 0) is 5.41 Å². The molecule has 3 nitrogen and oxygen atoms in total. The standard InChI is InChI=1S/C13H23N3S/c1-12(2,3)10-14-11(17-15-10)16-8-6-7-13(4,5)9-16/h6-9H2,1-5H3. The third-order valence-electron chi connectivity index (χ3n) is 3.26.